The van der Waals surface area contributed by atoms with E-state index in [0.717, 1.165) is 12.0 Å². The smallest absolute Gasteiger partial charge is 0.139 e. The van der Waals surface area contributed by atoms with Crippen molar-refractivity contribution in [2.45, 2.75) is 18.9 Å². The van der Waals surface area contributed by atoms with Gasteiger partial charge < -0.3 is 14.6 Å². The van der Waals surface area contributed by atoms with Gasteiger partial charge in [-0.15, -0.1) is 0 Å². The summed E-state index contributed by atoms with van der Waals surface area (Å²) in [6.07, 6.45) is 4.22. The van der Waals surface area contributed by atoms with E-state index in [1.54, 1.807) is 19.5 Å². The quantitative estimate of drug-likeness (QED) is 0.850. The molecule has 0 aliphatic heterocycles. The highest BCUT2D eigenvalue weighted by molar-refractivity contribution is 5.37. The zero-order chi connectivity index (χ0) is 15.1. The van der Waals surface area contributed by atoms with E-state index in [4.69, 9.17) is 9.47 Å². The molecule has 4 nitrogen and oxygen atoms in total. The van der Waals surface area contributed by atoms with E-state index in [0.29, 0.717) is 17.9 Å². The highest BCUT2D eigenvalue weighted by Crippen LogP contribution is 2.31. The maximum Gasteiger partial charge on any atom is 0.139 e. The van der Waals surface area contributed by atoms with Crippen molar-refractivity contribution in [1.29, 1.82) is 0 Å². The van der Waals surface area contributed by atoms with E-state index in [1.165, 1.54) is 0 Å². The van der Waals surface area contributed by atoms with Crippen LogP contribution < -0.4 is 4.74 Å². The van der Waals surface area contributed by atoms with Crippen LogP contribution in [-0.4, -0.2) is 30.4 Å². The first-order valence-electron chi connectivity index (χ1n) is 7.06. The Morgan fingerprint density at radius 2 is 1.90 bits per heavy atom. The summed E-state index contributed by atoms with van der Waals surface area (Å²) in [6, 6.07) is 11.3. The van der Waals surface area contributed by atoms with E-state index >= 15 is 0 Å². The molecule has 0 aliphatic rings. The van der Waals surface area contributed by atoms with Crippen LogP contribution in [-0.2, 0) is 10.3 Å². The summed E-state index contributed by atoms with van der Waals surface area (Å²) in [4.78, 5) is 4.17. The van der Waals surface area contributed by atoms with Gasteiger partial charge in [0.15, 0.2) is 0 Å². The summed E-state index contributed by atoms with van der Waals surface area (Å²) < 4.78 is 10.8. The molecule has 2 aromatic rings. The zero-order valence-corrected chi connectivity index (χ0v) is 12.5. The lowest BCUT2D eigenvalue weighted by Crippen LogP contribution is -2.32. The molecule has 1 aromatic carbocycles. The number of methoxy groups -OCH3 is 1. The molecule has 21 heavy (non-hydrogen) atoms. The molecule has 0 radical (unpaired) electrons. The number of hydrogen-bond acceptors (Lipinski definition) is 4. The van der Waals surface area contributed by atoms with Gasteiger partial charge in [-0.2, -0.15) is 0 Å². The summed E-state index contributed by atoms with van der Waals surface area (Å²) >= 11 is 0. The van der Waals surface area contributed by atoms with Crippen molar-refractivity contribution in [2.75, 3.05) is 20.3 Å². The van der Waals surface area contributed by atoms with Crippen molar-refractivity contribution in [3.05, 3.63) is 59.9 Å². The fraction of sp³-hybridized carbons (Fsp3) is 0.353. The van der Waals surface area contributed by atoms with Crippen molar-refractivity contribution in [2.24, 2.45) is 0 Å². The van der Waals surface area contributed by atoms with E-state index < -0.39 is 5.60 Å². The van der Waals surface area contributed by atoms with Crippen LogP contribution in [0.25, 0.3) is 0 Å². The zero-order valence-electron chi connectivity index (χ0n) is 12.5. The van der Waals surface area contributed by atoms with Crippen LogP contribution in [0.3, 0.4) is 0 Å². The molecule has 112 valence electrons. The first kappa shape index (κ1) is 15.5. The molecule has 1 heterocycles. The topological polar surface area (TPSA) is 51.6 Å². The van der Waals surface area contributed by atoms with Crippen LogP contribution in [0.1, 0.15) is 24.5 Å². The van der Waals surface area contributed by atoms with Crippen molar-refractivity contribution >= 4 is 0 Å². The van der Waals surface area contributed by atoms with Crippen LogP contribution in [0.15, 0.2) is 48.8 Å². The molecule has 1 unspecified atom stereocenters. The van der Waals surface area contributed by atoms with Crippen LogP contribution in [0.5, 0.6) is 5.75 Å². The average molecular weight is 287 g/mol. The number of ether oxygens (including phenoxy) is 2. The largest absolute Gasteiger partial charge is 0.492 e. The molecule has 0 saturated heterocycles. The van der Waals surface area contributed by atoms with Gasteiger partial charge in [-0.05, 0) is 18.1 Å². The maximum atomic E-state index is 11.1. The van der Waals surface area contributed by atoms with E-state index in [1.807, 2.05) is 43.3 Å². The highest BCUT2D eigenvalue weighted by atomic mass is 16.5. The molecule has 0 saturated carbocycles. The first-order valence-corrected chi connectivity index (χ1v) is 7.06. The van der Waals surface area contributed by atoms with Gasteiger partial charge in [0, 0.05) is 18.9 Å². The molecule has 0 fully saturated rings. The van der Waals surface area contributed by atoms with Gasteiger partial charge in [0.25, 0.3) is 0 Å². The Hall–Kier alpha value is -1.91. The highest BCUT2D eigenvalue weighted by Gasteiger charge is 2.32. The normalized spacial score (nSPS) is 13.7. The summed E-state index contributed by atoms with van der Waals surface area (Å²) in [5.74, 6) is 0.653. The van der Waals surface area contributed by atoms with Gasteiger partial charge in [-0.3, -0.25) is 4.98 Å². The maximum absolute atomic E-state index is 11.1. The summed E-state index contributed by atoms with van der Waals surface area (Å²) in [5.41, 5.74) is 0.180. The average Bonchev–Trinajstić information content (AvgIpc) is 2.54. The fourth-order valence-electron chi connectivity index (χ4n) is 2.20. The van der Waals surface area contributed by atoms with E-state index in [9.17, 15) is 5.11 Å². The second-order valence-electron chi connectivity index (χ2n) is 4.92. The molecule has 1 aromatic heterocycles. The minimum Gasteiger partial charge on any atom is -0.492 e. The van der Waals surface area contributed by atoms with Gasteiger partial charge in [0.2, 0.25) is 0 Å². The molecule has 2 rings (SSSR count). The second-order valence-corrected chi connectivity index (χ2v) is 4.92. The number of nitrogens with zero attached hydrogens (tertiary/aromatic N) is 1. The van der Waals surface area contributed by atoms with Crippen LogP contribution in [0, 0.1) is 0 Å². The summed E-state index contributed by atoms with van der Waals surface area (Å²) in [7, 11) is 1.57. The third-order valence-electron chi connectivity index (χ3n) is 3.27. The third-order valence-corrected chi connectivity index (χ3v) is 3.27. The molecular weight excluding hydrogens is 266 g/mol. The van der Waals surface area contributed by atoms with Crippen LogP contribution in [0.4, 0.5) is 0 Å². The standard InChI is InChI=1S/C17H21NO3/c1-3-9-21-16-10-15(11-18-12-16)17(19,13-20-2)14-7-5-4-6-8-14/h4-8,10-12,19H,3,9,13H2,1-2H3. The number of pyridine rings is 1. The Morgan fingerprint density at radius 1 is 1.14 bits per heavy atom. The third kappa shape index (κ3) is 3.60. The Balaban J connectivity index is 2.38. The van der Waals surface area contributed by atoms with Crippen molar-refractivity contribution < 1.29 is 14.6 Å². The lowest BCUT2D eigenvalue weighted by molar-refractivity contribution is -0.00367. The van der Waals surface area contributed by atoms with Crippen LogP contribution >= 0.6 is 0 Å². The summed E-state index contributed by atoms with van der Waals surface area (Å²) in [6.45, 7) is 2.82. The number of aliphatic hydroxyl groups is 1. The van der Waals surface area contributed by atoms with Gasteiger partial charge in [0.05, 0.1) is 19.4 Å². The van der Waals surface area contributed by atoms with Gasteiger partial charge in [-0.1, -0.05) is 37.3 Å². The molecule has 0 amide bonds. The molecule has 0 bridgehead atoms. The first-order chi connectivity index (χ1) is 10.2. The monoisotopic (exact) mass is 287 g/mol. The van der Waals surface area contributed by atoms with Crippen LogP contribution in [0.2, 0.25) is 0 Å². The fourth-order valence-corrected chi connectivity index (χ4v) is 2.20. The van der Waals surface area contributed by atoms with Crippen molar-refractivity contribution in [3.8, 4) is 5.75 Å². The Bertz CT molecular complexity index is 559. The van der Waals surface area contributed by atoms with E-state index in [2.05, 4.69) is 4.98 Å². The predicted molar refractivity (Wildman–Crippen MR) is 81.3 cm³/mol. The number of benzene rings is 1. The molecule has 0 aliphatic carbocycles. The number of rotatable bonds is 7. The van der Waals surface area contributed by atoms with Gasteiger partial charge >= 0.3 is 0 Å². The molecule has 4 heteroatoms. The Kier molecular flexibility index (Phi) is 5.31. The minimum atomic E-state index is -1.24. The van der Waals surface area contributed by atoms with Crippen molar-refractivity contribution in [3.63, 3.8) is 0 Å². The predicted octanol–water partition coefficient (Wildman–Crippen LogP) is 2.75. The number of aromatic nitrogens is 1. The molecule has 1 atom stereocenters. The molecule has 1 N–H and O–H groups in total. The second kappa shape index (κ2) is 7.20. The summed E-state index contributed by atoms with van der Waals surface area (Å²) in [5, 5.41) is 11.1. The SMILES string of the molecule is CCCOc1cncc(C(O)(COC)c2ccccc2)c1. The van der Waals surface area contributed by atoms with E-state index in [-0.39, 0.29) is 6.61 Å². The Labute approximate surface area is 125 Å². The number of hydrogen-bond donors (Lipinski definition) is 1. The Morgan fingerprint density at radius 3 is 2.57 bits per heavy atom. The van der Waals surface area contributed by atoms with Gasteiger partial charge in [-0.25, -0.2) is 0 Å². The lowest BCUT2D eigenvalue weighted by Gasteiger charge is -2.28. The molecular formula is C17H21NO3. The lowest BCUT2D eigenvalue weighted by atomic mass is 9.88. The molecule has 0 spiro atoms. The minimum absolute atomic E-state index is 0.149. The van der Waals surface area contributed by atoms with Gasteiger partial charge in [0.1, 0.15) is 11.4 Å². The van der Waals surface area contributed by atoms with Crippen molar-refractivity contribution in [1.82, 2.24) is 4.98 Å².